The van der Waals surface area contributed by atoms with E-state index < -0.39 is 29.4 Å². The molecule has 0 fully saturated rings. The van der Waals surface area contributed by atoms with E-state index in [-0.39, 0.29) is 35.4 Å². The number of amides is 1. The Hall–Kier alpha value is -3.77. The minimum absolute atomic E-state index is 0.0574. The van der Waals surface area contributed by atoms with Crippen molar-refractivity contribution < 1.29 is 26.7 Å². The molecule has 1 aliphatic rings. The Morgan fingerprint density at radius 2 is 1.71 bits per heavy atom. The summed E-state index contributed by atoms with van der Waals surface area (Å²) in [6, 6.07) is 2.77. The van der Waals surface area contributed by atoms with E-state index in [9.17, 15) is 26.7 Å². The molecule has 0 atom stereocenters. The molecule has 0 saturated heterocycles. The largest absolute Gasteiger partial charge is 0.433 e. The highest BCUT2D eigenvalue weighted by Gasteiger charge is 2.37. The molecule has 4 heterocycles. The third-order valence-electron chi connectivity index (χ3n) is 5.97. The highest BCUT2D eigenvalue weighted by Crippen LogP contribution is 2.35. The second-order valence-electron chi connectivity index (χ2n) is 8.16. The van der Waals surface area contributed by atoms with E-state index in [4.69, 9.17) is 0 Å². The predicted molar refractivity (Wildman–Crippen MR) is 109 cm³/mol. The van der Waals surface area contributed by atoms with Crippen LogP contribution in [0.1, 0.15) is 27.4 Å². The van der Waals surface area contributed by atoms with Crippen molar-refractivity contribution in [2.24, 2.45) is 21.1 Å². The lowest BCUT2D eigenvalue weighted by Gasteiger charge is -2.26. The van der Waals surface area contributed by atoms with Gasteiger partial charge in [-0.05, 0) is 18.6 Å². The second-order valence-corrected chi connectivity index (χ2v) is 8.16. The fraction of sp³-hybridized carbons (Fsp3) is 0.333. The Balaban J connectivity index is 1.49. The van der Waals surface area contributed by atoms with Gasteiger partial charge in [0.05, 0.1) is 28.8 Å². The molecule has 178 valence electrons. The maximum Gasteiger partial charge on any atom is 0.433 e. The summed E-state index contributed by atoms with van der Waals surface area (Å²) in [6.45, 7) is 0.270. The molecule has 0 radical (unpaired) electrons. The summed E-state index contributed by atoms with van der Waals surface area (Å²) in [5.41, 5.74) is 0.887. The van der Waals surface area contributed by atoms with E-state index in [2.05, 4.69) is 15.3 Å². The normalized spacial score (nSPS) is 14.2. The zero-order valence-corrected chi connectivity index (χ0v) is 18.3. The molecule has 3 aromatic heterocycles. The van der Waals surface area contributed by atoms with Crippen LogP contribution in [0.25, 0.3) is 22.3 Å². The lowest BCUT2D eigenvalue weighted by atomic mass is 10.0. The number of rotatable bonds is 2. The molecule has 1 aromatic carbocycles. The molecule has 0 spiro atoms. The first-order chi connectivity index (χ1) is 16.0. The standard InChI is InChI=1S/C21H18F5N7O/c1-30-15-7-10(22)6-12(23)17(15)18(29-30)20(34)33-5-4-11-14(9-33)28-32(3)19(11)13-8-16(21(24,25)26)31(2)27-13/h6-8H,4-5,9H2,1-3H3. The third kappa shape index (κ3) is 3.33. The highest BCUT2D eigenvalue weighted by atomic mass is 19.4. The maximum atomic E-state index is 14.5. The number of halogens is 5. The van der Waals surface area contributed by atoms with Crippen molar-refractivity contribution in [2.45, 2.75) is 19.1 Å². The summed E-state index contributed by atoms with van der Waals surface area (Å²) < 4.78 is 71.2. The number of aromatic nitrogens is 6. The van der Waals surface area contributed by atoms with Gasteiger partial charge in [0.15, 0.2) is 5.69 Å². The van der Waals surface area contributed by atoms with Crippen LogP contribution in [0.2, 0.25) is 0 Å². The van der Waals surface area contributed by atoms with Crippen molar-refractivity contribution in [1.82, 2.24) is 34.2 Å². The molecule has 0 saturated carbocycles. The van der Waals surface area contributed by atoms with Gasteiger partial charge in [-0.2, -0.15) is 28.5 Å². The zero-order chi connectivity index (χ0) is 24.5. The van der Waals surface area contributed by atoms with Crippen LogP contribution in [0.5, 0.6) is 0 Å². The number of hydrogen-bond acceptors (Lipinski definition) is 4. The van der Waals surface area contributed by atoms with E-state index in [1.807, 2.05) is 0 Å². The minimum Gasteiger partial charge on any atom is -0.331 e. The lowest BCUT2D eigenvalue weighted by molar-refractivity contribution is -0.143. The first kappa shape index (κ1) is 22.0. The Bertz CT molecular complexity index is 1460. The van der Waals surface area contributed by atoms with Crippen LogP contribution in [-0.4, -0.2) is 46.7 Å². The topological polar surface area (TPSA) is 73.8 Å². The van der Waals surface area contributed by atoms with Crippen molar-refractivity contribution in [3.8, 4) is 11.4 Å². The van der Waals surface area contributed by atoms with E-state index in [1.165, 1.54) is 28.4 Å². The van der Waals surface area contributed by atoms with Gasteiger partial charge in [-0.1, -0.05) is 0 Å². The van der Waals surface area contributed by atoms with Gasteiger partial charge in [-0.3, -0.25) is 18.8 Å². The number of nitrogens with zero attached hydrogens (tertiary/aromatic N) is 7. The first-order valence-corrected chi connectivity index (χ1v) is 10.2. The fourth-order valence-electron chi connectivity index (χ4n) is 4.46. The van der Waals surface area contributed by atoms with Gasteiger partial charge >= 0.3 is 6.18 Å². The Labute approximate surface area is 189 Å². The molecule has 4 aromatic rings. The first-order valence-electron chi connectivity index (χ1n) is 10.2. The number of carbonyl (C=O) groups excluding carboxylic acids is 1. The molecule has 5 rings (SSSR count). The Morgan fingerprint density at radius 3 is 2.38 bits per heavy atom. The molecule has 8 nitrogen and oxygen atoms in total. The average molecular weight is 479 g/mol. The third-order valence-corrected chi connectivity index (χ3v) is 5.97. The van der Waals surface area contributed by atoms with Gasteiger partial charge in [0.25, 0.3) is 5.91 Å². The summed E-state index contributed by atoms with van der Waals surface area (Å²) in [6.07, 6.45) is -4.24. The van der Waals surface area contributed by atoms with Crippen LogP contribution in [0.4, 0.5) is 22.0 Å². The van der Waals surface area contributed by atoms with E-state index in [0.29, 0.717) is 29.4 Å². The van der Waals surface area contributed by atoms with E-state index in [0.717, 1.165) is 16.8 Å². The van der Waals surface area contributed by atoms with Gasteiger partial charge < -0.3 is 4.90 Å². The molecule has 34 heavy (non-hydrogen) atoms. The number of hydrogen-bond donors (Lipinski definition) is 0. The van der Waals surface area contributed by atoms with Gasteiger partial charge in [0.1, 0.15) is 23.0 Å². The molecule has 1 aliphatic heterocycles. The SMILES string of the molecule is Cn1nc(-c2c3c(nn2C)CN(C(=O)c2nn(C)c4cc(F)cc(F)c24)CC3)cc1C(F)(F)F. The van der Waals surface area contributed by atoms with E-state index >= 15 is 0 Å². The monoisotopic (exact) mass is 479 g/mol. The summed E-state index contributed by atoms with van der Waals surface area (Å²) >= 11 is 0. The maximum absolute atomic E-state index is 14.5. The predicted octanol–water partition coefficient (Wildman–Crippen LogP) is 3.20. The fourth-order valence-corrected chi connectivity index (χ4v) is 4.46. The van der Waals surface area contributed by atoms with Gasteiger partial charge in [-0.15, -0.1) is 0 Å². The Kier molecular flexibility index (Phi) is 4.78. The van der Waals surface area contributed by atoms with Crippen LogP contribution in [0, 0.1) is 11.6 Å². The quantitative estimate of drug-likeness (QED) is 0.414. The molecule has 0 N–H and O–H groups in total. The second kappa shape index (κ2) is 7.37. The summed E-state index contributed by atoms with van der Waals surface area (Å²) in [7, 11) is 4.30. The summed E-state index contributed by atoms with van der Waals surface area (Å²) in [4.78, 5) is 14.6. The number of carbonyl (C=O) groups is 1. The van der Waals surface area contributed by atoms with Crippen LogP contribution >= 0.6 is 0 Å². The summed E-state index contributed by atoms with van der Waals surface area (Å²) in [5.74, 6) is -2.22. The van der Waals surface area contributed by atoms with Crippen LogP contribution < -0.4 is 0 Å². The van der Waals surface area contributed by atoms with Crippen LogP contribution in [0.3, 0.4) is 0 Å². The van der Waals surface area contributed by atoms with Crippen molar-refractivity contribution in [3.63, 3.8) is 0 Å². The highest BCUT2D eigenvalue weighted by molar-refractivity contribution is 6.05. The number of aryl methyl sites for hydroxylation is 3. The van der Waals surface area contributed by atoms with Gasteiger partial charge in [0, 0.05) is 39.3 Å². The molecule has 0 aliphatic carbocycles. The number of benzene rings is 1. The van der Waals surface area contributed by atoms with Gasteiger partial charge in [-0.25, -0.2) is 8.78 Å². The van der Waals surface area contributed by atoms with Gasteiger partial charge in [0.2, 0.25) is 0 Å². The lowest BCUT2D eigenvalue weighted by Crippen LogP contribution is -2.36. The van der Waals surface area contributed by atoms with Crippen molar-refractivity contribution in [2.75, 3.05) is 6.54 Å². The van der Waals surface area contributed by atoms with E-state index in [1.54, 1.807) is 7.05 Å². The van der Waals surface area contributed by atoms with Crippen molar-refractivity contribution in [3.05, 3.63) is 52.5 Å². The molecule has 0 unspecified atom stereocenters. The number of alkyl halides is 3. The smallest absolute Gasteiger partial charge is 0.331 e. The minimum atomic E-state index is -4.55. The molecular formula is C21H18F5N7O. The zero-order valence-electron chi connectivity index (χ0n) is 18.3. The van der Waals surface area contributed by atoms with Crippen molar-refractivity contribution >= 4 is 16.8 Å². The summed E-state index contributed by atoms with van der Waals surface area (Å²) in [5, 5.41) is 12.4. The van der Waals surface area contributed by atoms with Crippen molar-refractivity contribution in [1.29, 1.82) is 0 Å². The number of fused-ring (bicyclic) bond motifs is 2. The average Bonchev–Trinajstić information content (AvgIpc) is 3.39. The Morgan fingerprint density at radius 1 is 0.971 bits per heavy atom. The van der Waals surface area contributed by atoms with Crippen LogP contribution in [-0.2, 0) is 40.3 Å². The van der Waals surface area contributed by atoms with Crippen LogP contribution in [0.15, 0.2) is 18.2 Å². The molecule has 0 bridgehead atoms. The molecule has 1 amide bonds. The molecule has 13 heteroatoms. The molecular weight excluding hydrogens is 461 g/mol.